The maximum Gasteiger partial charge on any atom is 0.337 e. The minimum Gasteiger partial charge on any atom is -0.425 e. The number of hydrogen-bond donors (Lipinski definition) is 2. The molecule has 4 rings (SSSR count). The number of carbonyl (C=O) groups excluding carboxylic acids is 2. The van der Waals surface area contributed by atoms with Crippen molar-refractivity contribution in [2.75, 3.05) is 6.61 Å². The van der Waals surface area contributed by atoms with E-state index >= 15 is 0 Å². The van der Waals surface area contributed by atoms with Crippen molar-refractivity contribution >= 4 is 11.9 Å². The number of amides is 1. The Morgan fingerprint density at radius 1 is 0.935 bits per heavy atom. The summed E-state index contributed by atoms with van der Waals surface area (Å²) in [5.41, 5.74) is 3.78. The van der Waals surface area contributed by atoms with Gasteiger partial charge in [-0.1, -0.05) is 72.8 Å². The number of hydrogen-bond acceptors (Lipinski definition) is 4. The van der Waals surface area contributed by atoms with Crippen LogP contribution in [0, 0.1) is 0 Å². The zero-order valence-electron chi connectivity index (χ0n) is 17.2. The van der Waals surface area contributed by atoms with E-state index in [1.807, 2.05) is 66.7 Å². The first-order valence-corrected chi connectivity index (χ1v) is 10.5. The van der Waals surface area contributed by atoms with Crippen LogP contribution in [0.3, 0.4) is 0 Å². The number of ether oxygens (including phenoxy) is 1. The monoisotopic (exact) mass is 415 g/mol. The van der Waals surface area contributed by atoms with Crippen molar-refractivity contribution in [2.24, 2.45) is 0 Å². The highest BCUT2D eigenvalue weighted by molar-refractivity contribution is 5.85. The molecule has 0 aromatic heterocycles. The Balaban J connectivity index is 1.63. The van der Waals surface area contributed by atoms with Gasteiger partial charge in [-0.2, -0.15) is 0 Å². The molecule has 0 saturated carbocycles. The van der Waals surface area contributed by atoms with E-state index in [1.54, 1.807) is 12.1 Å². The van der Waals surface area contributed by atoms with E-state index in [0.29, 0.717) is 5.75 Å². The number of nitrogens with one attached hydrogen (secondary N) is 1. The molecule has 0 radical (unpaired) electrons. The molecule has 1 aliphatic carbocycles. The molecule has 5 heteroatoms. The third-order valence-electron chi connectivity index (χ3n) is 5.69. The van der Waals surface area contributed by atoms with Crippen LogP contribution in [0.25, 0.3) is 0 Å². The molecule has 5 nitrogen and oxygen atoms in total. The van der Waals surface area contributed by atoms with Crippen molar-refractivity contribution in [3.8, 4) is 5.75 Å². The molecule has 31 heavy (non-hydrogen) atoms. The third kappa shape index (κ3) is 4.67. The van der Waals surface area contributed by atoms with Crippen LogP contribution < -0.4 is 10.1 Å². The van der Waals surface area contributed by atoms with Crippen LogP contribution in [-0.4, -0.2) is 23.6 Å². The molecule has 0 heterocycles. The maximum absolute atomic E-state index is 13.4. The SMILES string of the molecule is O=C(CO)Oc1cccc2c1CCCC2C(=O)NC(c1ccccc1)c1ccccc1. The van der Waals surface area contributed by atoms with Crippen molar-refractivity contribution in [3.05, 3.63) is 101 Å². The zero-order chi connectivity index (χ0) is 21.6. The molecule has 0 spiro atoms. The number of rotatable bonds is 6. The summed E-state index contributed by atoms with van der Waals surface area (Å²) in [5, 5.41) is 12.3. The Hall–Kier alpha value is -3.44. The lowest BCUT2D eigenvalue weighted by atomic mass is 9.81. The Labute approximate surface area is 181 Å². The summed E-state index contributed by atoms with van der Waals surface area (Å²) in [4.78, 5) is 25.0. The number of aliphatic hydroxyl groups is 1. The summed E-state index contributed by atoms with van der Waals surface area (Å²) in [5.74, 6) is -0.652. The van der Waals surface area contributed by atoms with Gasteiger partial charge in [-0.25, -0.2) is 4.79 Å². The Kier molecular flexibility index (Phi) is 6.43. The van der Waals surface area contributed by atoms with Crippen molar-refractivity contribution < 1.29 is 19.4 Å². The summed E-state index contributed by atoms with van der Waals surface area (Å²) in [7, 11) is 0. The highest BCUT2D eigenvalue weighted by atomic mass is 16.5. The fourth-order valence-corrected chi connectivity index (χ4v) is 4.23. The smallest absolute Gasteiger partial charge is 0.337 e. The molecular formula is C26H25NO4. The van der Waals surface area contributed by atoms with Gasteiger partial charge in [-0.05, 0) is 47.6 Å². The van der Waals surface area contributed by atoms with Crippen LogP contribution in [0.1, 0.15) is 47.1 Å². The molecule has 3 aromatic carbocycles. The molecule has 2 N–H and O–H groups in total. The molecule has 158 valence electrons. The summed E-state index contributed by atoms with van der Waals surface area (Å²) in [6.45, 7) is -0.677. The predicted octanol–water partition coefficient (Wildman–Crippen LogP) is 3.91. The van der Waals surface area contributed by atoms with Crippen LogP contribution in [0.2, 0.25) is 0 Å². The first kappa shape index (κ1) is 20.8. The van der Waals surface area contributed by atoms with Crippen LogP contribution >= 0.6 is 0 Å². The molecule has 1 aliphatic rings. The summed E-state index contributed by atoms with van der Waals surface area (Å²) in [6, 6.07) is 25.0. The topological polar surface area (TPSA) is 75.6 Å². The maximum atomic E-state index is 13.4. The van der Waals surface area contributed by atoms with Gasteiger partial charge in [-0.15, -0.1) is 0 Å². The Morgan fingerprint density at radius 2 is 1.58 bits per heavy atom. The highest BCUT2D eigenvalue weighted by Gasteiger charge is 2.30. The Morgan fingerprint density at radius 3 is 2.19 bits per heavy atom. The molecule has 0 fully saturated rings. The van der Waals surface area contributed by atoms with Crippen molar-refractivity contribution in [2.45, 2.75) is 31.2 Å². The minimum absolute atomic E-state index is 0.0516. The van der Waals surface area contributed by atoms with Crippen molar-refractivity contribution in [1.29, 1.82) is 0 Å². The van der Waals surface area contributed by atoms with Gasteiger partial charge in [0.1, 0.15) is 12.4 Å². The average Bonchev–Trinajstić information content (AvgIpc) is 2.83. The number of esters is 1. The fourth-order valence-electron chi connectivity index (χ4n) is 4.23. The van der Waals surface area contributed by atoms with Gasteiger partial charge in [0.15, 0.2) is 0 Å². The summed E-state index contributed by atoms with van der Waals surface area (Å²) in [6.07, 6.45) is 2.28. The van der Waals surface area contributed by atoms with Crippen molar-refractivity contribution in [1.82, 2.24) is 5.32 Å². The lowest BCUT2D eigenvalue weighted by Gasteiger charge is -2.28. The molecule has 1 atom stereocenters. The average molecular weight is 415 g/mol. The van der Waals surface area contributed by atoms with Crippen molar-refractivity contribution in [3.63, 3.8) is 0 Å². The van der Waals surface area contributed by atoms with E-state index in [4.69, 9.17) is 9.84 Å². The van der Waals surface area contributed by atoms with Gasteiger partial charge in [0.05, 0.1) is 12.0 Å². The lowest BCUT2D eigenvalue weighted by Crippen LogP contribution is -2.35. The van der Waals surface area contributed by atoms with Gasteiger partial charge in [0, 0.05) is 0 Å². The van der Waals surface area contributed by atoms with Crippen LogP contribution in [0.5, 0.6) is 5.75 Å². The largest absolute Gasteiger partial charge is 0.425 e. The van der Waals surface area contributed by atoms with E-state index in [2.05, 4.69) is 5.32 Å². The summed E-state index contributed by atoms with van der Waals surface area (Å²) < 4.78 is 5.29. The second-order valence-corrected chi connectivity index (χ2v) is 7.66. The van der Waals surface area contributed by atoms with Gasteiger partial charge >= 0.3 is 5.97 Å². The molecular weight excluding hydrogens is 390 g/mol. The minimum atomic E-state index is -0.701. The van der Waals surface area contributed by atoms with Crippen LogP contribution in [-0.2, 0) is 16.0 Å². The molecule has 0 aliphatic heterocycles. The number of carbonyl (C=O) groups is 2. The highest BCUT2D eigenvalue weighted by Crippen LogP contribution is 2.37. The zero-order valence-corrected chi connectivity index (χ0v) is 17.2. The molecule has 1 amide bonds. The van der Waals surface area contributed by atoms with Crippen LogP contribution in [0.4, 0.5) is 0 Å². The molecule has 0 bridgehead atoms. The second-order valence-electron chi connectivity index (χ2n) is 7.66. The van der Waals surface area contributed by atoms with Gasteiger partial charge in [0.25, 0.3) is 0 Å². The fraction of sp³-hybridized carbons (Fsp3) is 0.231. The summed E-state index contributed by atoms with van der Waals surface area (Å²) >= 11 is 0. The molecule has 3 aromatic rings. The van der Waals surface area contributed by atoms with Gasteiger partial charge in [-0.3, -0.25) is 4.79 Å². The molecule has 1 unspecified atom stereocenters. The van der Waals surface area contributed by atoms with E-state index in [-0.39, 0.29) is 17.9 Å². The van der Waals surface area contributed by atoms with Gasteiger partial charge in [0.2, 0.25) is 5.91 Å². The van der Waals surface area contributed by atoms with E-state index in [1.165, 1.54) is 0 Å². The third-order valence-corrected chi connectivity index (χ3v) is 5.69. The lowest BCUT2D eigenvalue weighted by molar-refractivity contribution is -0.137. The van der Waals surface area contributed by atoms with E-state index < -0.39 is 12.6 Å². The first-order chi connectivity index (χ1) is 15.2. The van der Waals surface area contributed by atoms with E-state index in [9.17, 15) is 9.59 Å². The Bertz CT molecular complexity index is 1010. The number of benzene rings is 3. The first-order valence-electron chi connectivity index (χ1n) is 10.5. The number of fused-ring (bicyclic) bond motifs is 1. The predicted molar refractivity (Wildman–Crippen MR) is 118 cm³/mol. The molecule has 0 saturated heterocycles. The standard InChI is InChI=1S/C26H25NO4/c28-17-24(29)31-23-16-8-13-20-21(23)14-7-15-22(20)26(30)27-25(18-9-3-1-4-10-18)19-11-5-2-6-12-19/h1-6,8-13,16,22,25,28H,7,14-15,17H2,(H,27,30). The second kappa shape index (κ2) is 9.58. The quantitative estimate of drug-likeness (QED) is 0.473. The van der Waals surface area contributed by atoms with E-state index in [0.717, 1.165) is 41.5 Å². The number of aliphatic hydroxyl groups excluding tert-OH is 1. The van der Waals surface area contributed by atoms with Crippen LogP contribution in [0.15, 0.2) is 78.9 Å². The normalized spacial score (nSPS) is 15.2. The van der Waals surface area contributed by atoms with Gasteiger partial charge < -0.3 is 15.2 Å².